The lowest BCUT2D eigenvalue weighted by atomic mass is 10.1. The van der Waals surface area contributed by atoms with Crippen LogP contribution in [0.15, 0.2) is 47.5 Å². The number of benzene rings is 2. The Kier molecular flexibility index (Phi) is 5.45. The zero-order chi connectivity index (χ0) is 22.3. The first-order chi connectivity index (χ1) is 14.7. The van der Waals surface area contributed by atoms with Gasteiger partial charge < -0.3 is 9.88 Å². The minimum Gasteiger partial charge on any atom is -0.350 e. The van der Waals surface area contributed by atoms with Gasteiger partial charge in [0, 0.05) is 35.4 Å². The third-order valence-electron chi connectivity index (χ3n) is 5.33. The van der Waals surface area contributed by atoms with Crippen molar-refractivity contribution in [2.75, 3.05) is 11.9 Å². The number of thioether (sulfide) groups is 1. The Labute approximate surface area is 184 Å². The molecule has 1 aliphatic rings. The summed E-state index contributed by atoms with van der Waals surface area (Å²) in [6.07, 6.45) is 3.65. The summed E-state index contributed by atoms with van der Waals surface area (Å²) in [5.41, 5.74) is 5.60. The molecule has 6 nitrogen and oxygen atoms in total. The molecular weight excluding hydrogens is 410 g/mol. The number of fused-ring (bicyclic) bond motifs is 1. The predicted molar refractivity (Wildman–Crippen MR) is 125 cm³/mol. The average Bonchev–Trinajstić information content (AvgIpc) is 3.16. The van der Waals surface area contributed by atoms with E-state index in [1.165, 1.54) is 0 Å². The number of amides is 3. The number of carbonyl (C=O) groups excluding carboxylic acids is 3. The molecule has 0 spiro atoms. The van der Waals surface area contributed by atoms with Crippen molar-refractivity contribution in [3.63, 3.8) is 0 Å². The van der Waals surface area contributed by atoms with Crippen molar-refractivity contribution < 1.29 is 14.4 Å². The molecule has 3 amide bonds. The van der Waals surface area contributed by atoms with Gasteiger partial charge in [0.1, 0.15) is 6.54 Å². The monoisotopic (exact) mass is 433 g/mol. The second-order valence-corrected chi connectivity index (χ2v) is 8.80. The van der Waals surface area contributed by atoms with Gasteiger partial charge in [-0.1, -0.05) is 35.9 Å². The van der Waals surface area contributed by atoms with Gasteiger partial charge in [0.15, 0.2) is 0 Å². The van der Waals surface area contributed by atoms with Crippen LogP contribution in [0.5, 0.6) is 0 Å². The summed E-state index contributed by atoms with van der Waals surface area (Å²) >= 11 is 0.860. The SMILES string of the molecule is Cc1cc(C)c(NC(=O)CN2C(=O)S/C(=C/c3cn(C)c4ccccc34)C2=O)c(C)c1. The standard InChI is InChI=1S/C24H23N3O3S/c1-14-9-15(2)22(16(3)10-14)25-21(28)13-27-23(29)20(31-24(27)30)11-17-12-26(4)19-8-6-5-7-18(17)19/h5-12H,13H2,1-4H3,(H,25,28)/b20-11+. The molecule has 0 saturated carbocycles. The number of aromatic nitrogens is 1. The molecule has 1 aliphatic heterocycles. The summed E-state index contributed by atoms with van der Waals surface area (Å²) in [6.45, 7) is 5.52. The Hall–Kier alpha value is -3.32. The maximum absolute atomic E-state index is 12.9. The second kappa shape index (κ2) is 8.07. The Bertz CT molecular complexity index is 1250. The third kappa shape index (κ3) is 4.01. The van der Waals surface area contributed by atoms with Crippen LogP contribution in [0.4, 0.5) is 10.5 Å². The van der Waals surface area contributed by atoms with Crippen molar-refractivity contribution in [1.82, 2.24) is 9.47 Å². The molecule has 3 aromatic rings. The van der Waals surface area contributed by atoms with Gasteiger partial charge in [-0.05, 0) is 55.8 Å². The van der Waals surface area contributed by atoms with E-state index in [0.29, 0.717) is 10.6 Å². The van der Waals surface area contributed by atoms with Gasteiger partial charge in [-0.2, -0.15) is 0 Å². The van der Waals surface area contributed by atoms with E-state index >= 15 is 0 Å². The predicted octanol–water partition coefficient (Wildman–Crippen LogP) is 4.78. The first kappa shape index (κ1) is 20.9. The largest absolute Gasteiger partial charge is 0.350 e. The number of nitrogens with zero attached hydrogens (tertiary/aromatic N) is 2. The number of rotatable bonds is 4. The van der Waals surface area contributed by atoms with E-state index in [0.717, 1.165) is 49.8 Å². The third-order valence-corrected chi connectivity index (χ3v) is 6.24. The van der Waals surface area contributed by atoms with Crippen molar-refractivity contribution in [3.05, 3.63) is 69.8 Å². The molecule has 2 aromatic carbocycles. The van der Waals surface area contributed by atoms with Crippen LogP contribution in [-0.2, 0) is 16.6 Å². The van der Waals surface area contributed by atoms with Gasteiger partial charge in [-0.25, -0.2) is 0 Å². The Morgan fingerprint density at radius 2 is 1.77 bits per heavy atom. The highest BCUT2D eigenvalue weighted by molar-refractivity contribution is 8.18. The molecular formula is C24H23N3O3S. The highest BCUT2D eigenvalue weighted by Gasteiger charge is 2.36. The van der Waals surface area contributed by atoms with Gasteiger partial charge in [0.05, 0.1) is 4.91 Å². The van der Waals surface area contributed by atoms with Crippen LogP contribution in [0.1, 0.15) is 22.3 Å². The molecule has 158 valence electrons. The average molecular weight is 434 g/mol. The summed E-state index contributed by atoms with van der Waals surface area (Å²) < 4.78 is 1.98. The van der Waals surface area contributed by atoms with Gasteiger partial charge in [0.25, 0.3) is 11.1 Å². The molecule has 31 heavy (non-hydrogen) atoms. The van der Waals surface area contributed by atoms with E-state index in [4.69, 9.17) is 0 Å². The van der Waals surface area contributed by atoms with Crippen molar-refractivity contribution >= 4 is 51.5 Å². The molecule has 1 fully saturated rings. The van der Waals surface area contributed by atoms with Crippen LogP contribution >= 0.6 is 11.8 Å². The second-order valence-electron chi connectivity index (χ2n) is 7.80. The Morgan fingerprint density at radius 1 is 1.10 bits per heavy atom. The van der Waals surface area contributed by atoms with E-state index in [1.807, 2.05) is 75.0 Å². The van der Waals surface area contributed by atoms with E-state index in [-0.39, 0.29) is 6.54 Å². The van der Waals surface area contributed by atoms with Crippen LogP contribution in [0.25, 0.3) is 17.0 Å². The quantitative estimate of drug-likeness (QED) is 0.601. The smallest absolute Gasteiger partial charge is 0.294 e. The highest BCUT2D eigenvalue weighted by atomic mass is 32.2. The van der Waals surface area contributed by atoms with Gasteiger partial charge >= 0.3 is 0 Å². The normalized spacial score (nSPS) is 15.4. The zero-order valence-corrected chi connectivity index (χ0v) is 18.7. The van der Waals surface area contributed by atoms with Crippen LogP contribution in [0.3, 0.4) is 0 Å². The molecule has 0 atom stereocenters. The number of imide groups is 1. The molecule has 0 radical (unpaired) electrons. The van der Waals surface area contributed by atoms with E-state index in [2.05, 4.69) is 5.32 Å². The number of hydrogen-bond donors (Lipinski definition) is 1. The van der Waals surface area contributed by atoms with Crippen LogP contribution in [0, 0.1) is 20.8 Å². The number of aryl methyl sites for hydroxylation is 4. The molecule has 0 bridgehead atoms. The minimum atomic E-state index is -0.449. The van der Waals surface area contributed by atoms with Gasteiger partial charge in [0.2, 0.25) is 5.91 Å². The summed E-state index contributed by atoms with van der Waals surface area (Å²) in [5.74, 6) is -0.848. The molecule has 7 heteroatoms. The van der Waals surface area contributed by atoms with Crippen LogP contribution in [-0.4, -0.2) is 33.1 Å². The van der Waals surface area contributed by atoms with Crippen LogP contribution in [0.2, 0.25) is 0 Å². The van der Waals surface area contributed by atoms with Crippen molar-refractivity contribution in [1.29, 1.82) is 0 Å². The Morgan fingerprint density at radius 3 is 2.48 bits per heavy atom. The van der Waals surface area contributed by atoms with E-state index in [9.17, 15) is 14.4 Å². The van der Waals surface area contributed by atoms with Crippen molar-refractivity contribution in [2.45, 2.75) is 20.8 Å². The molecule has 1 N–H and O–H groups in total. The molecule has 0 unspecified atom stereocenters. The highest BCUT2D eigenvalue weighted by Crippen LogP contribution is 2.34. The maximum atomic E-state index is 12.9. The van der Waals surface area contributed by atoms with Crippen LogP contribution < -0.4 is 5.32 Å². The molecule has 1 aromatic heterocycles. The fourth-order valence-corrected chi connectivity index (χ4v) is 4.79. The van der Waals surface area contributed by atoms with Gasteiger partial charge in [-0.3, -0.25) is 19.3 Å². The minimum absolute atomic E-state index is 0.315. The molecule has 2 heterocycles. The van der Waals surface area contributed by atoms with E-state index < -0.39 is 17.1 Å². The number of nitrogens with one attached hydrogen (secondary N) is 1. The number of carbonyl (C=O) groups is 3. The van der Waals surface area contributed by atoms with Crippen molar-refractivity contribution in [2.24, 2.45) is 7.05 Å². The zero-order valence-electron chi connectivity index (χ0n) is 17.9. The van der Waals surface area contributed by atoms with Gasteiger partial charge in [-0.15, -0.1) is 0 Å². The fraction of sp³-hybridized carbons (Fsp3) is 0.208. The lowest BCUT2D eigenvalue weighted by Crippen LogP contribution is -2.36. The Balaban J connectivity index is 1.53. The number of para-hydroxylation sites is 1. The summed E-state index contributed by atoms with van der Waals surface area (Å²) in [5, 5.41) is 3.41. The fourth-order valence-electron chi connectivity index (χ4n) is 3.97. The summed E-state index contributed by atoms with van der Waals surface area (Å²) in [6, 6.07) is 11.8. The van der Waals surface area contributed by atoms with E-state index in [1.54, 1.807) is 6.08 Å². The maximum Gasteiger partial charge on any atom is 0.294 e. The molecule has 1 saturated heterocycles. The number of anilines is 1. The summed E-state index contributed by atoms with van der Waals surface area (Å²) in [7, 11) is 1.94. The lowest BCUT2D eigenvalue weighted by Gasteiger charge is -2.15. The topological polar surface area (TPSA) is 71.4 Å². The molecule has 0 aliphatic carbocycles. The van der Waals surface area contributed by atoms with Crippen molar-refractivity contribution in [3.8, 4) is 0 Å². The summed E-state index contributed by atoms with van der Waals surface area (Å²) in [4.78, 5) is 39.2. The first-order valence-corrected chi connectivity index (χ1v) is 10.7. The number of hydrogen-bond acceptors (Lipinski definition) is 4. The molecule has 4 rings (SSSR count). The first-order valence-electron chi connectivity index (χ1n) is 9.91. The lowest BCUT2D eigenvalue weighted by molar-refractivity contribution is -0.127.